The lowest BCUT2D eigenvalue weighted by atomic mass is 9.94. The van der Waals surface area contributed by atoms with E-state index < -0.39 is 17.7 Å². The number of aliphatic hydroxyl groups excluding tert-OH is 1. The number of nitriles is 1. The van der Waals surface area contributed by atoms with Gasteiger partial charge in [-0.2, -0.15) is 5.26 Å². The molecule has 3 aromatic rings. The van der Waals surface area contributed by atoms with Crippen LogP contribution in [-0.2, 0) is 9.59 Å². The summed E-state index contributed by atoms with van der Waals surface area (Å²) in [6.45, 7) is 6.10. The smallest absolute Gasteiger partial charge is 0.300 e. The summed E-state index contributed by atoms with van der Waals surface area (Å²) in [6, 6.07) is 18.0. The van der Waals surface area contributed by atoms with Gasteiger partial charge in [-0.15, -0.1) is 0 Å². The van der Waals surface area contributed by atoms with Crippen molar-refractivity contribution in [3.63, 3.8) is 0 Å². The summed E-state index contributed by atoms with van der Waals surface area (Å²) in [5.74, 6) is -0.872. The summed E-state index contributed by atoms with van der Waals surface area (Å²) in [7, 11) is 1.53. The maximum absolute atomic E-state index is 13.4. The van der Waals surface area contributed by atoms with Crippen LogP contribution in [0.15, 0.2) is 66.2 Å². The maximum atomic E-state index is 13.4. The third-order valence-electron chi connectivity index (χ3n) is 6.30. The molecule has 7 heteroatoms. The van der Waals surface area contributed by atoms with Gasteiger partial charge in [0, 0.05) is 11.3 Å². The number of carbonyl (C=O) groups is 2. The van der Waals surface area contributed by atoms with Crippen LogP contribution >= 0.6 is 0 Å². The Morgan fingerprint density at radius 1 is 1.00 bits per heavy atom. The van der Waals surface area contributed by atoms with Crippen LogP contribution in [0.1, 0.15) is 40.8 Å². The van der Waals surface area contributed by atoms with Crippen molar-refractivity contribution < 1.29 is 24.2 Å². The molecule has 7 nitrogen and oxygen atoms in total. The zero-order valence-corrected chi connectivity index (χ0v) is 20.5. The first-order valence-corrected chi connectivity index (χ1v) is 11.5. The first kappa shape index (κ1) is 24.6. The summed E-state index contributed by atoms with van der Waals surface area (Å²) in [6.07, 6.45) is 0. The molecule has 3 aromatic carbocycles. The van der Waals surface area contributed by atoms with Crippen molar-refractivity contribution in [3.05, 3.63) is 94.1 Å². The molecule has 1 amide bonds. The number of carbonyl (C=O) groups excluding carboxylic acids is 2. The number of amides is 1. The topological polar surface area (TPSA) is 99.9 Å². The number of ether oxygens (including phenoxy) is 2. The van der Waals surface area contributed by atoms with Gasteiger partial charge >= 0.3 is 0 Å². The molecule has 182 valence electrons. The van der Waals surface area contributed by atoms with Crippen molar-refractivity contribution in [1.82, 2.24) is 0 Å². The average Bonchev–Trinajstić information content (AvgIpc) is 3.15. The number of anilines is 1. The lowest BCUT2D eigenvalue weighted by Gasteiger charge is -2.26. The van der Waals surface area contributed by atoms with Gasteiger partial charge in [0.1, 0.15) is 5.76 Å². The molecule has 1 aliphatic rings. The van der Waals surface area contributed by atoms with E-state index >= 15 is 0 Å². The number of ketones is 1. The minimum atomic E-state index is -0.926. The Morgan fingerprint density at radius 2 is 1.72 bits per heavy atom. The molecule has 36 heavy (non-hydrogen) atoms. The highest BCUT2D eigenvalue weighted by atomic mass is 16.5. The van der Waals surface area contributed by atoms with Crippen molar-refractivity contribution in [2.24, 2.45) is 0 Å². The number of hydrogen-bond acceptors (Lipinski definition) is 6. The molecule has 0 aliphatic carbocycles. The molecular formula is C29H26N2O5. The van der Waals surface area contributed by atoms with E-state index in [0.717, 1.165) is 11.1 Å². The molecule has 0 bridgehead atoms. The molecule has 1 N–H and O–H groups in total. The minimum Gasteiger partial charge on any atom is -0.507 e. The number of methoxy groups -OCH3 is 1. The molecule has 1 heterocycles. The van der Waals surface area contributed by atoms with Crippen LogP contribution in [0.2, 0.25) is 0 Å². The fourth-order valence-corrected chi connectivity index (χ4v) is 4.29. The molecule has 0 saturated carbocycles. The molecule has 0 aromatic heterocycles. The lowest BCUT2D eigenvalue weighted by Crippen LogP contribution is -2.29. The van der Waals surface area contributed by atoms with Crippen LogP contribution in [0.25, 0.3) is 5.76 Å². The van der Waals surface area contributed by atoms with Crippen LogP contribution in [0.5, 0.6) is 11.5 Å². The highest BCUT2D eigenvalue weighted by molar-refractivity contribution is 6.51. The highest BCUT2D eigenvalue weighted by Crippen LogP contribution is 2.44. The summed E-state index contributed by atoms with van der Waals surface area (Å²) >= 11 is 0. The van der Waals surface area contributed by atoms with E-state index in [1.165, 1.54) is 12.0 Å². The van der Waals surface area contributed by atoms with Gasteiger partial charge in [-0.1, -0.05) is 18.2 Å². The third-order valence-corrected chi connectivity index (χ3v) is 6.30. The van der Waals surface area contributed by atoms with Gasteiger partial charge in [0.2, 0.25) is 0 Å². The van der Waals surface area contributed by atoms with Crippen LogP contribution in [-0.4, -0.2) is 30.5 Å². The highest BCUT2D eigenvalue weighted by Gasteiger charge is 2.47. The van der Waals surface area contributed by atoms with E-state index in [1.54, 1.807) is 54.6 Å². The van der Waals surface area contributed by atoms with E-state index in [4.69, 9.17) is 9.47 Å². The normalized spacial score (nSPS) is 16.6. The number of Topliss-reactive ketones (excluding diaryl/α,β-unsaturated/α-hetero) is 1. The summed E-state index contributed by atoms with van der Waals surface area (Å²) < 4.78 is 11.1. The van der Waals surface area contributed by atoms with E-state index in [0.29, 0.717) is 40.5 Å². The summed E-state index contributed by atoms with van der Waals surface area (Å²) in [4.78, 5) is 28.1. The Kier molecular flexibility index (Phi) is 6.80. The fraction of sp³-hybridized carbons (Fsp3) is 0.207. The van der Waals surface area contributed by atoms with Crippen LogP contribution < -0.4 is 14.4 Å². The van der Waals surface area contributed by atoms with Gasteiger partial charge in [0.15, 0.2) is 11.5 Å². The monoisotopic (exact) mass is 482 g/mol. The fourth-order valence-electron chi connectivity index (χ4n) is 4.29. The number of hydrogen-bond donors (Lipinski definition) is 1. The summed E-state index contributed by atoms with van der Waals surface area (Å²) in [5, 5.41) is 20.5. The van der Waals surface area contributed by atoms with Gasteiger partial charge in [-0.25, -0.2) is 0 Å². The predicted molar refractivity (Wildman–Crippen MR) is 136 cm³/mol. The van der Waals surface area contributed by atoms with E-state index in [1.807, 2.05) is 32.9 Å². The molecular weight excluding hydrogens is 456 g/mol. The zero-order valence-electron chi connectivity index (χ0n) is 20.5. The minimum absolute atomic E-state index is 0.0276. The second-order valence-electron chi connectivity index (χ2n) is 8.47. The Hall–Kier alpha value is -4.57. The second-order valence-corrected chi connectivity index (χ2v) is 8.47. The Balaban J connectivity index is 1.96. The number of aryl methyl sites for hydroxylation is 2. The van der Waals surface area contributed by atoms with Gasteiger partial charge in [0.05, 0.1) is 37.0 Å². The standard InChI is InChI=1S/C29H26N2O5/c1-5-36-24-15-20(10-13-23(24)35-4)26-25(27(32)21-9-6-17(2)18(3)14-21)28(33)29(34)31(26)22-11-7-19(16-30)8-12-22/h6-15,26,32H,5H2,1-4H3/b27-25-. The number of rotatable bonds is 6. The molecule has 1 saturated heterocycles. The zero-order chi connectivity index (χ0) is 26.0. The third kappa shape index (κ3) is 4.29. The van der Waals surface area contributed by atoms with Gasteiger partial charge in [-0.3, -0.25) is 14.5 Å². The Labute approximate surface area is 209 Å². The average molecular weight is 483 g/mol. The summed E-state index contributed by atoms with van der Waals surface area (Å²) in [5.41, 5.74) is 3.81. The maximum Gasteiger partial charge on any atom is 0.300 e. The SMILES string of the molecule is CCOc1cc(C2/C(=C(/O)c3ccc(C)c(C)c3)C(=O)C(=O)N2c2ccc(C#N)cc2)ccc1OC. The molecule has 1 atom stereocenters. The van der Waals surface area contributed by atoms with Crippen LogP contribution in [0, 0.1) is 25.2 Å². The van der Waals surface area contributed by atoms with E-state index in [9.17, 15) is 20.0 Å². The van der Waals surface area contributed by atoms with Gasteiger partial charge < -0.3 is 14.6 Å². The molecule has 1 fully saturated rings. The first-order valence-electron chi connectivity index (χ1n) is 11.5. The number of aliphatic hydroxyl groups is 1. The quantitative estimate of drug-likeness (QED) is 0.294. The molecule has 0 radical (unpaired) electrons. The van der Waals surface area contributed by atoms with Crippen molar-refractivity contribution in [2.75, 3.05) is 18.6 Å². The van der Waals surface area contributed by atoms with Crippen LogP contribution in [0.3, 0.4) is 0 Å². The largest absolute Gasteiger partial charge is 0.507 e. The second kappa shape index (κ2) is 9.96. The number of benzene rings is 3. The lowest BCUT2D eigenvalue weighted by molar-refractivity contribution is -0.132. The Bertz CT molecular complexity index is 1420. The first-order chi connectivity index (χ1) is 17.3. The van der Waals surface area contributed by atoms with Gasteiger partial charge in [-0.05, 0) is 79.9 Å². The number of nitrogens with zero attached hydrogens (tertiary/aromatic N) is 2. The van der Waals surface area contributed by atoms with Crippen LogP contribution in [0.4, 0.5) is 5.69 Å². The van der Waals surface area contributed by atoms with Crippen molar-refractivity contribution >= 4 is 23.1 Å². The van der Waals surface area contributed by atoms with E-state index in [-0.39, 0.29) is 11.3 Å². The van der Waals surface area contributed by atoms with Crippen molar-refractivity contribution in [2.45, 2.75) is 26.8 Å². The molecule has 1 aliphatic heterocycles. The predicted octanol–water partition coefficient (Wildman–Crippen LogP) is 5.21. The van der Waals surface area contributed by atoms with Crippen molar-refractivity contribution in [1.29, 1.82) is 5.26 Å². The molecule has 4 rings (SSSR count). The Morgan fingerprint density at radius 3 is 2.33 bits per heavy atom. The molecule has 0 spiro atoms. The van der Waals surface area contributed by atoms with Crippen molar-refractivity contribution in [3.8, 4) is 17.6 Å². The van der Waals surface area contributed by atoms with Gasteiger partial charge in [0.25, 0.3) is 11.7 Å². The molecule has 1 unspecified atom stereocenters. The van der Waals surface area contributed by atoms with E-state index in [2.05, 4.69) is 0 Å².